The van der Waals surface area contributed by atoms with E-state index in [2.05, 4.69) is 0 Å². The van der Waals surface area contributed by atoms with Gasteiger partial charge in [-0.15, -0.1) is 0 Å². The van der Waals surface area contributed by atoms with Gasteiger partial charge < -0.3 is 4.90 Å². The lowest BCUT2D eigenvalue weighted by molar-refractivity contribution is -0.277. The highest BCUT2D eigenvalue weighted by atomic mass is 19.4. The molecular weight excluding hydrogens is 278 g/mol. The molecule has 0 radical (unpaired) electrons. The molecule has 0 aromatic heterocycles. The van der Waals surface area contributed by atoms with Gasteiger partial charge in [0.05, 0.1) is 0 Å². The summed E-state index contributed by atoms with van der Waals surface area (Å²) >= 11 is 0. The Kier molecular flexibility index (Phi) is 4.59. The second kappa shape index (κ2) is 4.88. The lowest BCUT2D eigenvalue weighted by Crippen LogP contribution is -2.56. The van der Waals surface area contributed by atoms with Crippen LogP contribution in [0.1, 0.15) is 13.8 Å². The molecule has 0 saturated carbocycles. The average Bonchev–Trinajstić information content (AvgIpc) is 2.09. The van der Waals surface area contributed by atoms with Crippen LogP contribution in [0.5, 0.6) is 0 Å². The van der Waals surface area contributed by atoms with Crippen molar-refractivity contribution in [3.05, 3.63) is 0 Å². The number of hydrogen-bond acceptors (Lipinski definition) is 1. The van der Waals surface area contributed by atoms with E-state index in [9.17, 15) is 39.9 Å². The Morgan fingerprint density at radius 3 is 1.61 bits per heavy atom. The molecule has 0 aromatic rings. The molecule has 0 atom stereocenters. The molecule has 0 N–H and O–H groups in total. The van der Waals surface area contributed by atoms with Gasteiger partial charge >= 0.3 is 24.2 Å². The molecule has 0 aliphatic rings. The van der Waals surface area contributed by atoms with Crippen molar-refractivity contribution in [1.29, 1.82) is 0 Å². The zero-order valence-electron chi connectivity index (χ0n) is 9.16. The Labute approximate surface area is 96.5 Å². The standard InChI is InChI=1S/C8H9F8NO/c1-4(2)17(3-6(9,10)11)5(18)7(12,13)8(14,15)16/h4H,3H2,1-2H3. The zero-order valence-corrected chi connectivity index (χ0v) is 9.16. The number of halogens is 8. The Morgan fingerprint density at radius 2 is 1.39 bits per heavy atom. The first-order chi connectivity index (χ1) is 7.70. The minimum Gasteiger partial charge on any atom is -0.326 e. The maximum atomic E-state index is 12.6. The summed E-state index contributed by atoms with van der Waals surface area (Å²) in [6.07, 6.45) is -11.3. The first-order valence-corrected chi connectivity index (χ1v) is 4.52. The number of alkyl halides is 8. The fourth-order valence-corrected chi connectivity index (χ4v) is 0.984. The van der Waals surface area contributed by atoms with Gasteiger partial charge in [-0.1, -0.05) is 0 Å². The van der Waals surface area contributed by atoms with Gasteiger partial charge in [-0.05, 0) is 13.8 Å². The van der Waals surface area contributed by atoms with Crippen LogP contribution in [0.4, 0.5) is 35.1 Å². The van der Waals surface area contributed by atoms with Crippen LogP contribution in [0.25, 0.3) is 0 Å². The molecule has 0 unspecified atom stereocenters. The van der Waals surface area contributed by atoms with Gasteiger partial charge in [-0.3, -0.25) is 4.79 Å². The largest absolute Gasteiger partial charge is 0.463 e. The second-order valence-electron chi connectivity index (χ2n) is 3.71. The molecule has 0 rings (SSSR count). The summed E-state index contributed by atoms with van der Waals surface area (Å²) in [4.78, 5) is 10.3. The van der Waals surface area contributed by atoms with Gasteiger partial charge in [0.25, 0.3) is 0 Å². The third kappa shape index (κ3) is 3.98. The molecule has 0 aliphatic heterocycles. The van der Waals surface area contributed by atoms with Crippen molar-refractivity contribution in [1.82, 2.24) is 4.90 Å². The van der Waals surface area contributed by atoms with E-state index >= 15 is 0 Å². The fraction of sp³-hybridized carbons (Fsp3) is 0.875. The number of amides is 1. The van der Waals surface area contributed by atoms with Crippen molar-refractivity contribution >= 4 is 5.91 Å². The summed E-state index contributed by atoms with van der Waals surface area (Å²) in [5, 5.41) is 0. The van der Waals surface area contributed by atoms with E-state index in [1.165, 1.54) is 0 Å². The molecule has 1 amide bonds. The van der Waals surface area contributed by atoms with Crippen LogP contribution in [0.15, 0.2) is 0 Å². The van der Waals surface area contributed by atoms with Gasteiger partial charge in [0.1, 0.15) is 6.54 Å². The summed E-state index contributed by atoms with van der Waals surface area (Å²) in [6.45, 7) is -0.374. The van der Waals surface area contributed by atoms with Gasteiger partial charge in [0.15, 0.2) is 0 Å². The van der Waals surface area contributed by atoms with Crippen molar-refractivity contribution in [2.75, 3.05) is 6.54 Å². The Balaban J connectivity index is 5.23. The summed E-state index contributed by atoms with van der Waals surface area (Å²) in [5.41, 5.74) is 0. The minimum atomic E-state index is -6.23. The highest BCUT2D eigenvalue weighted by Crippen LogP contribution is 2.37. The number of hydrogen-bond donors (Lipinski definition) is 0. The highest BCUT2D eigenvalue weighted by molar-refractivity contribution is 5.84. The van der Waals surface area contributed by atoms with Crippen LogP contribution >= 0.6 is 0 Å². The van der Waals surface area contributed by atoms with E-state index in [-0.39, 0.29) is 0 Å². The SMILES string of the molecule is CC(C)N(CC(F)(F)F)C(=O)C(F)(F)C(F)(F)F. The predicted molar refractivity (Wildman–Crippen MR) is 43.9 cm³/mol. The van der Waals surface area contributed by atoms with Gasteiger partial charge in [-0.25, -0.2) is 0 Å². The fourth-order valence-electron chi connectivity index (χ4n) is 0.984. The molecule has 0 fully saturated rings. The van der Waals surface area contributed by atoms with Gasteiger partial charge in [-0.2, -0.15) is 35.1 Å². The van der Waals surface area contributed by atoms with Crippen LogP contribution in [0, 0.1) is 0 Å². The van der Waals surface area contributed by atoms with E-state index in [1.807, 2.05) is 0 Å². The molecule has 2 nitrogen and oxygen atoms in total. The summed E-state index contributed by atoms with van der Waals surface area (Å²) in [6, 6.07) is -1.45. The Hall–Kier alpha value is -1.09. The summed E-state index contributed by atoms with van der Waals surface area (Å²) < 4.78 is 96.8. The first kappa shape index (κ1) is 16.9. The van der Waals surface area contributed by atoms with E-state index < -0.39 is 41.7 Å². The summed E-state index contributed by atoms with van der Waals surface area (Å²) in [7, 11) is 0. The van der Waals surface area contributed by atoms with Crippen molar-refractivity contribution in [2.45, 2.75) is 38.2 Å². The molecule has 0 spiro atoms. The monoisotopic (exact) mass is 287 g/mol. The molecule has 108 valence electrons. The van der Waals surface area contributed by atoms with E-state index in [0.29, 0.717) is 0 Å². The first-order valence-electron chi connectivity index (χ1n) is 4.52. The maximum absolute atomic E-state index is 12.6. The lowest BCUT2D eigenvalue weighted by Gasteiger charge is -2.31. The molecule has 0 saturated heterocycles. The van der Waals surface area contributed by atoms with E-state index in [4.69, 9.17) is 0 Å². The second-order valence-corrected chi connectivity index (χ2v) is 3.71. The Bertz CT molecular complexity index is 305. The van der Waals surface area contributed by atoms with Crippen LogP contribution < -0.4 is 0 Å². The van der Waals surface area contributed by atoms with Crippen molar-refractivity contribution in [3.63, 3.8) is 0 Å². The van der Waals surface area contributed by atoms with E-state index in [1.54, 1.807) is 0 Å². The number of rotatable bonds is 3. The van der Waals surface area contributed by atoms with Crippen molar-refractivity contribution in [2.24, 2.45) is 0 Å². The molecule has 0 aliphatic carbocycles. The third-order valence-corrected chi connectivity index (χ3v) is 1.86. The maximum Gasteiger partial charge on any atom is 0.463 e. The molecule has 0 bridgehead atoms. The van der Waals surface area contributed by atoms with Gasteiger partial charge in [0, 0.05) is 6.04 Å². The number of nitrogens with zero attached hydrogens (tertiary/aromatic N) is 1. The van der Waals surface area contributed by atoms with Crippen LogP contribution in [-0.2, 0) is 4.79 Å². The van der Waals surface area contributed by atoms with Crippen LogP contribution in [-0.4, -0.2) is 41.7 Å². The van der Waals surface area contributed by atoms with Crippen molar-refractivity contribution < 1.29 is 39.9 Å². The van der Waals surface area contributed by atoms with Crippen LogP contribution in [0.2, 0.25) is 0 Å². The van der Waals surface area contributed by atoms with Crippen LogP contribution in [0.3, 0.4) is 0 Å². The van der Waals surface area contributed by atoms with E-state index in [0.717, 1.165) is 13.8 Å². The molecule has 18 heavy (non-hydrogen) atoms. The minimum absolute atomic E-state index is 0.562. The smallest absolute Gasteiger partial charge is 0.326 e. The average molecular weight is 287 g/mol. The number of carbonyl (C=O) groups is 1. The summed E-state index contributed by atoms with van der Waals surface area (Å²) in [5.74, 6) is -8.76. The van der Waals surface area contributed by atoms with Crippen molar-refractivity contribution in [3.8, 4) is 0 Å². The predicted octanol–water partition coefficient (Wildman–Crippen LogP) is 2.98. The number of carbonyl (C=O) groups excluding carboxylic acids is 1. The Morgan fingerprint density at radius 1 is 1.00 bits per heavy atom. The third-order valence-electron chi connectivity index (χ3n) is 1.86. The highest BCUT2D eigenvalue weighted by Gasteiger charge is 2.65. The molecule has 10 heteroatoms. The zero-order chi connectivity index (χ0) is 14.9. The van der Waals surface area contributed by atoms with Gasteiger partial charge in [0.2, 0.25) is 0 Å². The molecule has 0 heterocycles. The topological polar surface area (TPSA) is 20.3 Å². The lowest BCUT2D eigenvalue weighted by atomic mass is 10.2. The molecule has 0 aromatic carbocycles. The normalized spacial score (nSPS) is 13.9. The quantitative estimate of drug-likeness (QED) is 0.731. The molecular formula is C8H9F8NO.